The summed E-state index contributed by atoms with van der Waals surface area (Å²) in [7, 11) is 0. The molecule has 47 heavy (non-hydrogen) atoms. The number of carbonyl (C=O) groups excluding carboxylic acids is 3. The molecule has 0 bridgehead atoms. The molecule has 0 unspecified atom stereocenters. The van der Waals surface area contributed by atoms with Gasteiger partial charge in [-0.2, -0.15) is 0 Å². The van der Waals surface area contributed by atoms with Crippen molar-refractivity contribution in [1.29, 1.82) is 0 Å². The van der Waals surface area contributed by atoms with E-state index in [0.717, 1.165) is 26.9 Å². The maximum absolute atomic E-state index is 14.4. The van der Waals surface area contributed by atoms with Gasteiger partial charge in [-0.05, 0) is 55.5 Å². The summed E-state index contributed by atoms with van der Waals surface area (Å²) >= 11 is 3.47. The highest BCUT2D eigenvalue weighted by molar-refractivity contribution is 9.10. The first-order valence-corrected chi connectivity index (χ1v) is 16.4. The number of H-pyrrole nitrogens is 1. The van der Waals surface area contributed by atoms with E-state index in [2.05, 4.69) is 31.2 Å². The number of benzene rings is 2. The van der Waals surface area contributed by atoms with Crippen molar-refractivity contribution in [2.24, 2.45) is 5.41 Å². The Morgan fingerprint density at radius 3 is 2.49 bits per heavy atom. The molecule has 3 aromatic rings. The second-order valence-corrected chi connectivity index (χ2v) is 15.1. The zero-order valence-corrected chi connectivity index (χ0v) is 29.0. The van der Waals surface area contributed by atoms with Crippen LogP contribution in [0.1, 0.15) is 71.0 Å². The van der Waals surface area contributed by atoms with Gasteiger partial charge in [-0.15, -0.1) is 0 Å². The second kappa shape index (κ2) is 12.4. The van der Waals surface area contributed by atoms with Crippen molar-refractivity contribution >= 4 is 34.0 Å². The minimum absolute atomic E-state index is 0.124. The average molecular weight is 711 g/mol. The molecular weight excluding hydrogens is 670 g/mol. The van der Waals surface area contributed by atoms with Crippen LogP contribution < -0.4 is 14.8 Å². The van der Waals surface area contributed by atoms with Crippen LogP contribution in [-0.2, 0) is 27.4 Å². The Morgan fingerprint density at radius 2 is 1.79 bits per heavy atom. The molecule has 3 amide bonds. The number of hydrogen-bond acceptors (Lipinski definition) is 8. The number of rotatable bonds is 5. The molecule has 12 nitrogen and oxygen atoms in total. The number of nitrogens with one attached hydrogen (secondary N) is 2. The number of aromatic nitrogens is 2. The normalized spacial score (nSPS) is 19.4. The van der Waals surface area contributed by atoms with Gasteiger partial charge in [0.05, 0.1) is 31.0 Å². The average Bonchev–Trinajstić information content (AvgIpc) is 3.79. The molecule has 4 heterocycles. The van der Waals surface area contributed by atoms with Crippen LogP contribution in [0.3, 0.4) is 0 Å². The van der Waals surface area contributed by atoms with E-state index in [1.165, 1.54) is 0 Å². The lowest BCUT2D eigenvalue weighted by atomic mass is 9.85. The molecule has 6 rings (SSSR count). The first-order valence-electron chi connectivity index (χ1n) is 15.6. The van der Waals surface area contributed by atoms with Crippen LogP contribution in [0.5, 0.6) is 11.5 Å². The van der Waals surface area contributed by atoms with Gasteiger partial charge in [0, 0.05) is 23.0 Å². The molecule has 1 aromatic heterocycles. The third-order valence-corrected chi connectivity index (χ3v) is 8.89. The Bertz CT molecular complexity index is 1680. The number of halogens is 1. The summed E-state index contributed by atoms with van der Waals surface area (Å²) in [4.78, 5) is 52.1. The predicted molar refractivity (Wildman–Crippen MR) is 175 cm³/mol. The smallest absolute Gasteiger partial charge is 0.410 e. The summed E-state index contributed by atoms with van der Waals surface area (Å²) in [5.74, 6) is 1.57. The molecule has 0 spiro atoms. The van der Waals surface area contributed by atoms with Crippen LogP contribution in [0.15, 0.2) is 47.1 Å². The fourth-order valence-electron chi connectivity index (χ4n) is 6.10. The molecule has 2 aromatic carbocycles. The van der Waals surface area contributed by atoms with Crippen LogP contribution in [0.4, 0.5) is 9.59 Å². The highest BCUT2D eigenvalue weighted by Crippen LogP contribution is 2.42. The monoisotopic (exact) mass is 709 g/mol. The molecule has 13 heteroatoms. The first-order chi connectivity index (χ1) is 22.2. The number of aromatic amines is 1. The molecule has 2 N–H and O–H groups in total. The molecule has 0 radical (unpaired) electrons. The van der Waals surface area contributed by atoms with Crippen LogP contribution in [-0.4, -0.2) is 68.9 Å². The van der Waals surface area contributed by atoms with Crippen molar-refractivity contribution in [1.82, 2.24) is 25.1 Å². The van der Waals surface area contributed by atoms with Crippen molar-refractivity contribution in [2.45, 2.75) is 84.8 Å². The fourth-order valence-corrected chi connectivity index (χ4v) is 6.36. The van der Waals surface area contributed by atoms with Gasteiger partial charge < -0.3 is 34.1 Å². The van der Waals surface area contributed by atoms with Crippen LogP contribution in [0, 0.1) is 5.41 Å². The SMILES string of the molecule is CC(C)(C)OC(=O)N[C@H](C(=O)N1C[C@H](OC(=O)N2Cc3ccc4c(c3C2)OCO4)C[C@H]1c1ncc(-c2ccc(Br)cc2)[nH]1)C(C)(C)C. The maximum atomic E-state index is 14.4. The Balaban J connectivity index is 1.24. The lowest BCUT2D eigenvalue weighted by molar-refractivity contribution is -0.137. The Morgan fingerprint density at radius 1 is 1.04 bits per heavy atom. The minimum Gasteiger partial charge on any atom is -0.454 e. The molecule has 1 fully saturated rings. The summed E-state index contributed by atoms with van der Waals surface area (Å²) in [6.07, 6.45) is 0.262. The predicted octanol–water partition coefficient (Wildman–Crippen LogP) is 6.30. The van der Waals surface area contributed by atoms with Crippen molar-refractivity contribution in [3.8, 4) is 22.8 Å². The molecule has 250 valence electrons. The molecular formula is C34H40BrN5O7. The Labute approximate surface area is 282 Å². The van der Waals surface area contributed by atoms with Gasteiger partial charge in [0.1, 0.15) is 23.6 Å². The quantitative estimate of drug-likeness (QED) is 0.315. The van der Waals surface area contributed by atoms with E-state index in [0.29, 0.717) is 36.8 Å². The second-order valence-electron chi connectivity index (χ2n) is 14.2. The number of amides is 3. The van der Waals surface area contributed by atoms with Gasteiger partial charge in [0.2, 0.25) is 12.7 Å². The topological polar surface area (TPSA) is 135 Å². The highest BCUT2D eigenvalue weighted by atomic mass is 79.9. The first kappa shape index (κ1) is 32.7. The Kier molecular flexibility index (Phi) is 8.62. The van der Waals surface area contributed by atoms with Crippen LogP contribution >= 0.6 is 15.9 Å². The maximum Gasteiger partial charge on any atom is 0.410 e. The van der Waals surface area contributed by atoms with Gasteiger partial charge in [-0.1, -0.05) is 54.9 Å². The summed E-state index contributed by atoms with van der Waals surface area (Å²) < 4.78 is 23.7. The number of imidazole rings is 1. The molecule has 0 saturated carbocycles. The highest BCUT2D eigenvalue weighted by Gasteiger charge is 2.46. The minimum atomic E-state index is -0.924. The van der Waals surface area contributed by atoms with E-state index in [1.54, 1.807) is 36.8 Å². The number of hydrogen-bond donors (Lipinski definition) is 2. The summed E-state index contributed by atoms with van der Waals surface area (Å²) in [6.45, 7) is 11.9. The van der Waals surface area contributed by atoms with E-state index in [4.69, 9.17) is 18.9 Å². The molecule has 3 aliphatic heterocycles. The standard InChI is InChI=1S/C34H40BrN5O7/c1-33(2,3)28(38-31(42)47-34(4,5)6)30(41)40-16-22(13-25(40)29-36-14-24(37-29)19-7-10-21(35)11-8-19)46-32(43)39-15-20-9-12-26-27(23(20)17-39)45-18-44-26/h7-12,14,22,25,28H,13,15-18H2,1-6H3,(H,36,37)(H,38,42)/t22-,25+,28-/m1/s1. The van der Waals surface area contributed by atoms with E-state index in [-0.39, 0.29) is 19.2 Å². The number of alkyl carbamates (subject to hydrolysis) is 1. The Hall–Kier alpha value is -4.26. The van der Waals surface area contributed by atoms with E-state index in [1.807, 2.05) is 57.2 Å². The van der Waals surface area contributed by atoms with E-state index < -0.39 is 41.4 Å². The summed E-state index contributed by atoms with van der Waals surface area (Å²) in [5.41, 5.74) is 2.20. The zero-order chi connectivity index (χ0) is 33.7. The number of nitrogens with zero attached hydrogens (tertiary/aromatic N) is 3. The fraction of sp³-hybridized carbons (Fsp3) is 0.471. The molecule has 3 atom stereocenters. The number of fused-ring (bicyclic) bond motifs is 3. The molecule has 3 aliphatic rings. The lowest BCUT2D eigenvalue weighted by Gasteiger charge is -2.35. The summed E-state index contributed by atoms with van der Waals surface area (Å²) in [6, 6.07) is 10.1. The number of likely N-dealkylation sites (tertiary alicyclic amines) is 1. The van der Waals surface area contributed by atoms with Crippen molar-refractivity contribution in [3.05, 3.63) is 64.0 Å². The van der Waals surface area contributed by atoms with Crippen molar-refractivity contribution in [2.75, 3.05) is 13.3 Å². The van der Waals surface area contributed by atoms with E-state index in [9.17, 15) is 14.4 Å². The van der Waals surface area contributed by atoms with Gasteiger partial charge in [0.25, 0.3) is 0 Å². The number of carbonyl (C=O) groups is 3. The molecule has 0 aliphatic carbocycles. The largest absolute Gasteiger partial charge is 0.454 e. The lowest BCUT2D eigenvalue weighted by Crippen LogP contribution is -2.55. The van der Waals surface area contributed by atoms with E-state index >= 15 is 0 Å². The molecule has 1 saturated heterocycles. The zero-order valence-electron chi connectivity index (χ0n) is 27.4. The third kappa shape index (κ3) is 7.04. The third-order valence-electron chi connectivity index (χ3n) is 8.36. The van der Waals surface area contributed by atoms with Gasteiger partial charge >= 0.3 is 12.2 Å². The van der Waals surface area contributed by atoms with Gasteiger partial charge in [-0.3, -0.25) is 9.69 Å². The summed E-state index contributed by atoms with van der Waals surface area (Å²) in [5, 5.41) is 2.80. The van der Waals surface area contributed by atoms with Gasteiger partial charge in [0.15, 0.2) is 11.5 Å². The number of ether oxygens (including phenoxy) is 4. The van der Waals surface area contributed by atoms with Crippen LogP contribution in [0.2, 0.25) is 0 Å². The van der Waals surface area contributed by atoms with Crippen molar-refractivity contribution in [3.63, 3.8) is 0 Å². The van der Waals surface area contributed by atoms with Gasteiger partial charge in [-0.25, -0.2) is 14.6 Å². The van der Waals surface area contributed by atoms with Crippen molar-refractivity contribution < 1.29 is 33.3 Å². The van der Waals surface area contributed by atoms with Crippen LogP contribution in [0.25, 0.3) is 11.3 Å².